The van der Waals surface area contributed by atoms with E-state index >= 15 is 0 Å². The first kappa shape index (κ1) is 13.0. The summed E-state index contributed by atoms with van der Waals surface area (Å²) in [5.74, 6) is 0.331. The van der Waals surface area contributed by atoms with Gasteiger partial charge in [0.15, 0.2) is 0 Å². The van der Waals surface area contributed by atoms with Crippen LogP contribution in [0.5, 0.6) is 5.75 Å². The van der Waals surface area contributed by atoms with E-state index in [1.807, 2.05) is 13.0 Å². The predicted octanol–water partition coefficient (Wildman–Crippen LogP) is 2.57. The summed E-state index contributed by atoms with van der Waals surface area (Å²) in [6.07, 6.45) is 0.225. The van der Waals surface area contributed by atoms with Crippen molar-refractivity contribution in [1.29, 1.82) is 5.26 Å². The number of rotatable bonds is 5. The fourth-order valence-corrected chi connectivity index (χ4v) is 1.30. The summed E-state index contributed by atoms with van der Waals surface area (Å²) in [5, 5.41) is 11.3. The number of nitriles is 1. The average molecular weight is 232 g/mol. The lowest BCUT2D eigenvalue weighted by Crippen LogP contribution is -2.19. The van der Waals surface area contributed by atoms with Gasteiger partial charge in [0, 0.05) is 18.0 Å². The topological polar surface area (TPSA) is 62.1 Å². The molecule has 1 amide bonds. The number of anilines is 1. The highest BCUT2D eigenvalue weighted by atomic mass is 16.5. The van der Waals surface area contributed by atoms with Crippen molar-refractivity contribution >= 4 is 11.6 Å². The first-order valence-electron chi connectivity index (χ1n) is 5.58. The standard InChI is InChI=1S/C13H16N2O2/c1-3-17-12-6-4-11(5-7-12)15-13(16)10(2)8-9-14/h4-7,10H,3,8H2,1-2H3,(H,15,16). The second kappa shape index (κ2) is 6.54. The van der Waals surface area contributed by atoms with Crippen LogP contribution in [0.4, 0.5) is 5.69 Å². The van der Waals surface area contributed by atoms with Crippen molar-refractivity contribution in [1.82, 2.24) is 0 Å². The molecule has 4 nitrogen and oxygen atoms in total. The molecule has 4 heteroatoms. The first-order valence-corrected chi connectivity index (χ1v) is 5.58. The van der Waals surface area contributed by atoms with Crippen molar-refractivity contribution in [3.63, 3.8) is 0 Å². The Kier molecular flexibility index (Phi) is 5.02. The normalized spacial score (nSPS) is 11.4. The highest BCUT2D eigenvalue weighted by molar-refractivity contribution is 5.92. The maximum atomic E-state index is 11.6. The van der Waals surface area contributed by atoms with Crippen LogP contribution in [0.3, 0.4) is 0 Å². The molecular weight excluding hydrogens is 216 g/mol. The summed E-state index contributed by atoms with van der Waals surface area (Å²) in [4.78, 5) is 11.6. The zero-order valence-electron chi connectivity index (χ0n) is 10.1. The molecule has 0 aliphatic rings. The summed E-state index contributed by atoms with van der Waals surface area (Å²) in [6, 6.07) is 9.14. The molecule has 0 aromatic heterocycles. The van der Waals surface area contributed by atoms with Crippen molar-refractivity contribution in [3.8, 4) is 11.8 Å². The lowest BCUT2D eigenvalue weighted by Gasteiger charge is -2.09. The second-order valence-corrected chi connectivity index (χ2v) is 3.71. The predicted molar refractivity (Wildman–Crippen MR) is 65.6 cm³/mol. The van der Waals surface area contributed by atoms with Crippen LogP contribution in [0, 0.1) is 17.2 Å². The molecule has 0 aliphatic carbocycles. The molecule has 90 valence electrons. The summed E-state index contributed by atoms with van der Waals surface area (Å²) in [7, 11) is 0. The molecule has 1 N–H and O–H groups in total. The van der Waals surface area contributed by atoms with E-state index in [2.05, 4.69) is 5.32 Å². The number of amides is 1. The van der Waals surface area contributed by atoms with Crippen LogP contribution in [-0.4, -0.2) is 12.5 Å². The largest absolute Gasteiger partial charge is 0.494 e. The molecule has 1 rings (SSSR count). The van der Waals surface area contributed by atoms with Crippen LogP contribution in [0.2, 0.25) is 0 Å². The third-order valence-corrected chi connectivity index (χ3v) is 2.28. The van der Waals surface area contributed by atoms with Crippen molar-refractivity contribution in [3.05, 3.63) is 24.3 Å². The number of benzene rings is 1. The molecule has 0 fully saturated rings. The molecule has 0 heterocycles. The molecule has 0 spiro atoms. The van der Waals surface area contributed by atoms with Gasteiger partial charge in [-0.15, -0.1) is 0 Å². The van der Waals surface area contributed by atoms with Gasteiger partial charge in [-0.05, 0) is 31.2 Å². The third kappa shape index (κ3) is 4.15. The molecule has 1 unspecified atom stereocenters. The summed E-state index contributed by atoms with van der Waals surface area (Å²) < 4.78 is 5.30. The molecule has 1 atom stereocenters. The Labute approximate surface area is 101 Å². The average Bonchev–Trinajstić information content (AvgIpc) is 2.32. The summed E-state index contributed by atoms with van der Waals surface area (Å²) >= 11 is 0. The van der Waals surface area contributed by atoms with E-state index in [9.17, 15) is 4.79 Å². The van der Waals surface area contributed by atoms with Crippen molar-refractivity contribution in [2.45, 2.75) is 20.3 Å². The Balaban J connectivity index is 2.57. The zero-order valence-corrected chi connectivity index (χ0v) is 10.1. The SMILES string of the molecule is CCOc1ccc(NC(=O)C(C)CC#N)cc1. The minimum Gasteiger partial charge on any atom is -0.494 e. The first-order chi connectivity index (χ1) is 8.17. The maximum absolute atomic E-state index is 11.6. The number of carbonyl (C=O) groups is 1. The molecule has 0 saturated heterocycles. The van der Waals surface area contributed by atoms with E-state index in [1.54, 1.807) is 31.2 Å². The Morgan fingerprint density at radius 1 is 1.47 bits per heavy atom. The third-order valence-electron chi connectivity index (χ3n) is 2.28. The van der Waals surface area contributed by atoms with Gasteiger partial charge in [0.1, 0.15) is 5.75 Å². The van der Waals surface area contributed by atoms with Crippen LogP contribution in [-0.2, 0) is 4.79 Å². The van der Waals surface area contributed by atoms with E-state index in [1.165, 1.54) is 0 Å². The number of hydrogen-bond donors (Lipinski definition) is 1. The molecule has 0 bridgehead atoms. The fraction of sp³-hybridized carbons (Fsp3) is 0.385. The molecule has 0 radical (unpaired) electrons. The van der Waals surface area contributed by atoms with Gasteiger partial charge in [-0.25, -0.2) is 0 Å². The van der Waals surface area contributed by atoms with E-state index in [0.29, 0.717) is 12.3 Å². The second-order valence-electron chi connectivity index (χ2n) is 3.71. The lowest BCUT2D eigenvalue weighted by molar-refractivity contribution is -0.119. The van der Waals surface area contributed by atoms with E-state index < -0.39 is 0 Å². The van der Waals surface area contributed by atoms with Gasteiger partial charge in [0.05, 0.1) is 12.7 Å². The Morgan fingerprint density at radius 3 is 2.65 bits per heavy atom. The maximum Gasteiger partial charge on any atom is 0.228 e. The molecule has 0 aliphatic heterocycles. The molecule has 1 aromatic rings. The lowest BCUT2D eigenvalue weighted by atomic mass is 10.1. The van der Waals surface area contributed by atoms with E-state index in [0.717, 1.165) is 5.75 Å². The minimum absolute atomic E-state index is 0.143. The van der Waals surface area contributed by atoms with Crippen LogP contribution in [0.25, 0.3) is 0 Å². The number of nitrogens with one attached hydrogen (secondary N) is 1. The van der Waals surface area contributed by atoms with Crippen LogP contribution in [0.1, 0.15) is 20.3 Å². The van der Waals surface area contributed by atoms with Gasteiger partial charge in [0.2, 0.25) is 5.91 Å². The highest BCUT2D eigenvalue weighted by Crippen LogP contribution is 2.16. The number of carbonyl (C=O) groups excluding carboxylic acids is 1. The molecule has 1 aromatic carbocycles. The smallest absolute Gasteiger partial charge is 0.228 e. The Hall–Kier alpha value is -2.02. The Bertz CT molecular complexity index is 406. The monoisotopic (exact) mass is 232 g/mol. The van der Waals surface area contributed by atoms with Crippen LogP contribution in [0.15, 0.2) is 24.3 Å². The summed E-state index contributed by atoms with van der Waals surface area (Å²) in [5.41, 5.74) is 0.711. The van der Waals surface area contributed by atoms with E-state index in [-0.39, 0.29) is 18.2 Å². The van der Waals surface area contributed by atoms with Crippen molar-refractivity contribution < 1.29 is 9.53 Å². The van der Waals surface area contributed by atoms with Crippen molar-refractivity contribution in [2.24, 2.45) is 5.92 Å². The van der Waals surface area contributed by atoms with E-state index in [4.69, 9.17) is 10.00 Å². The van der Waals surface area contributed by atoms with Gasteiger partial charge >= 0.3 is 0 Å². The number of hydrogen-bond acceptors (Lipinski definition) is 3. The molecular formula is C13H16N2O2. The summed E-state index contributed by atoms with van der Waals surface area (Å²) in [6.45, 7) is 4.26. The zero-order chi connectivity index (χ0) is 12.7. The van der Waals surface area contributed by atoms with Crippen molar-refractivity contribution in [2.75, 3.05) is 11.9 Å². The minimum atomic E-state index is -0.299. The van der Waals surface area contributed by atoms with Gasteiger partial charge < -0.3 is 10.1 Å². The Morgan fingerprint density at radius 2 is 2.12 bits per heavy atom. The van der Waals surface area contributed by atoms with Crippen LogP contribution >= 0.6 is 0 Å². The van der Waals surface area contributed by atoms with Gasteiger partial charge in [-0.1, -0.05) is 6.92 Å². The fourth-order valence-electron chi connectivity index (χ4n) is 1.30. The molecule has 0 saturated carbocycles. The van der Waals surface area contributed by atoms with Gasteiger partial charge in [-0.3, -0.25) is 4.79 Å². The van der Waals surface area contributed by atoms with Crippen LogP contribution < -0.4 is 10.1 Å². The highest BCUT2D eigenvalue weighted by Gasteiger charge is 2.12. The van der Waals surface area contributed by atoms with Gasteiger partial charge in [0.25, 0.3) is 0 Å². The number of nitrogens with zero attached hydrogens (tertiary/aromatic N) is 1. The number of ether oxygens (including phenoxy) is 1. The molecule has 17 heavy (non-hydrogen) atoms. The quantitative estimate of drug-likeness (QED) is 0.848. The van der Waals surface area contributed by atoms with Gasteiger partial charge in [-0.2, -0.15) is 5.26 Å².